The second-order valence-electron chi connectivity index (χ2n) is 5.18. The van der Waals surface area contributed by atoms with E-state index in [0.717, 1.165) is 6.07 Å². The highest BCUT2D eigenvalue weighted by Gasteiger charge is 2.31. The van der Waals surface area contributed by atoms with Crippen LogP contribution in [0.3, 0.4) is 0 Å². The van der Waals surface area contributed by atoms with Crippen molar-refractivity contribution in [3.8, 4) is 5.75 Å². The van der Waals surface area contributed by atoms with Crippen molar-refractivity contribution in [2.45, 2.75) is 38.8 Å². The number of nitrogens with zero attached hydrogens (tertiary/aromatic N) is 1. The minimum Gasteiger partial charge on any atom is -0.488 e. The van der Waals surface area contributed by atoms with Crippen LogP contribution in [0.15, 0.2) is 12.1 Å². The average Bonchev–Trinajstić information content (AvgIpc) is 2.31. The second-order valence-corrected chi connectivity index (χ2v) is 5.18. The van der Waals surface area contributed by atoms with Gasteiger partial charge in [0.05, 0.1) is 17.1 Å². The van der Waals surface area contributed by atoms with Gasteiger partial charge >= 0.3 is 5.97 Å². The van der Waals surface area contributed by atoms with Crippen LogP contribution in [0.2, 0.25) is 0 Å². The van der Waals surface area contributed by atoms with Crippen LogP contribution in [0.5, 0.6) is 5.75 Å². The lowest BCUT2D eigenvalue weighted by atomic mass is 9.96. The number of carboxylic acids is 1. The first-order valence-electron chi connectivity index (χ1n) is 6.18. The molecule has 0 saturated carbocycles. The number of nitro benzene ring substituents is 1. The predicted octanol–water partition coefficient (Wildman–Crippen LogP) is 2.00. The lowest BCUT2D eigenvalue weighted by molar-refractivity contribution is -0.385. The maximum Gasteiger partial charge on any atom is 0.323 e. The van der Waals surface area contributed by atoms with Crippen LogP contribution >= 0.6 is 0 Å². The Labute approximate surface area is 120 Å². The molecule has 0 bridgehead atoms. The summed E-state index contributed by atoms with van der Waals surface area (Å²) >= 11 is 0. The number of aliphatic carboxylic acids is 1. The average molecular weight is 300 g/mol. The van der Waals surface area contributed by atoms with E-state index in [9.17, 15) is 19.3 Å². The third kappa shape index (κ3) is 4.12. The summed E-state index contributed by atoms with van der Waals surface area (Å²) in [7, 11) is 0. The van der Waals surface area contributed by atoms with Gasteiger partial charge in [0.1, 0.15) is 5.54 Å². The monoisotopic (exact) mass is 300 g/mol. The van der Waals surface area contributed by atoms with Crippen molar-refractivity contribution in [2.75, 3.05) is 0 Å². The van der Waals surface area contributed by atoms with E-state index in [1.54, 1.807) is 6.92 Å². The number of rotatable bonds is 6. The van der Waals surface area contributed by atoms with Crippen molar-refractivity contribution >= 4 is 11.7 Å². The Kier molecular flexibility index (Phi) is 4.84. The van der Waals surface area contributed by atoms with Gasteiger partial charge in [-0.1, -0.05) is 0 Å². The van der Waals surface area contributed by atoms with E-state index in [1.165, 1.54) is 19.9 Å². The standard InChI is InChI=1S/C13H17FN2O5/c1-7-4-11(9(14)5-10(7)16(19)20)21-8(2)6-13(3,15)12(17)18/h4-5,8H,6,15H2,1-3H3,(H,17,18). The number of benzene rings is 1. The zero-order chi connectivity index (χ0) is 16.4. The number of ether oxygens (including phenoxy) is 1. The van der Waals surface area contributed by atoms with Gasteiger partial charge in [0.25, 0.3) is 5.69 Å². The Balaban J connectivity index is 2.91. The molecule has 0 aliphatic carbocycles. The number of hydrogen-bond donors (Lipinski definition) is 2. The van der Waals surface area contributed by atoms with Crippen molar-refractivity contribution < 1.29 is 24.0 Å². The SMILES string of the molecule is Cc1cc(OC(C)CC(C)(N)C(=O)O)c(F)cc1[N+](=O)[O-]. The molecule has 0 radical (unpaired) electrons. The number of nitrogens with two attached hydrogens (primary N) is 1. The van der Waals surface area contributed by atoms with E-state index in [0.29, 0.717) is 0 Å². The van der Waals surface area contributed by atoms with Crippen LogP contribution in [0, 0.1) is 22.9 Å². The number of halogens is 1. The third-order valence-electron chi connectivity index (χ3n) is 2.98. The molecule has 7 nitrogen and oxygen atoms in total. The predicted molar refractivity (Wildman–Crippen MR) is 72.7 cm³/mol. The molecule has 0 amide bonds. The Morgan fingerprint density at radius 1 is 1.62 bits per heavy atom. The maximum absolute atomic E-state index is 13.8. The smallest absolute Gasteiger partial charge is 0.323 e. The molecule has 0 aromatic heterocycles. The zero-order valence-corrected chi connectivity index (χ0v) is 11.9. The number of carboxylic acid groups (broad SMARTS) is 1. The summed E-state index contributed by atoms with van der Waals surface area (Å²) in [5.41, 5.74) is 3.98. The molecule has 0 aliphatic heterocycles. The van der Waals surface area contributed by atoms with Crippen LogP contribution < -0.4 is 10.5 Å². The van der Waals surface area contributed by atoms with E-state index < -0.39 is 28.4 Å². The van der Waals surface area contributed by atoms with E-state index in [-0.39, 0.29) is 23.4 Å². The molecule has 0 heterocycles. The van der Waals surface area contributed by atoms with Crippen molar-refractivity contribution in [3.63, 3.8) is 0 Å². The van der Waals surface area contributed by atoms with Crippen LogP contribution in [0.25, 0.3) is 0 Å². The summed E-state index contributed by atoms with van der Waals surface area (Å²) < 4.78 is 19.1. The first-order chi connectivity index (χ1) is 9.54. The summed E-state index contributed by atoms with van der Waals surface area (Å²) in [5.74, 6) is -2.25. The Morgan fingerprint density at radius 2 is 2.19 bits per heavy atom. The minimum absolute atomic E-state index is 0.0438. The summed E-state index contributed by atoms with van der Waals surface area (Å²) in [4.78, 5) is 20.9. The molecule has 3 N–H and O–H groups in total. The molecule has 0 saturated heterocycles. The molecular formula is C13H17FN2O5. The summed E-state index contributed by atoms with van der Waals surface area (Å²) in [6, 6.07) is 1.98. The molecule has 1 aromatic rings. The lowest BCUT2D eigenvalue weighted by Gasteiger charge is -2.24. The van der Waals surface area contributed by atoms with Crippen LogP contribution in [0.4, 0.5) is 10.1 Å². The van der Waals surface area contributed by atoms with E-state index in [2.05, 4.69) is 0 Å². The van der Waals surface area contributed by atoms with Gasteiger partial charge in [0, 0.05) is 12.0 Å². The fourth-order valence-electron chi connectivity index (χ4n) is 1.87. The molecular weight excluding hydrogens is 283 g/mol. The first kappa shape index (κ1) is 16.8. The molecule has 1 rings (SSSR count). The van der Waals surface area contributed by atoms with E-state index in [1.807, 2.05) is 0 Å². The largest absolute Gasteiger partial charge is 0.488 e. The Morgan fingerprint density at radius 3 is 2.67 bits per heavy atom. The van der Waals surface area contributed by atoms with E-state index >= 15 is 0 Å². The highest BCUT2D eigenvalue weighted by molar-refractivity contribution is 5.77. The molecule has 21 heavy (non-hydrogen) atoms. The topological polar surface area (TPSA) is 116 Å². The van der Waals surface area contributed by atoms with Gasteiger partial charge in [-0.3, -0.25) is 14.9 Å². The van der Waals surface area contributed by atoms with Crippen LogP contribution in [-0.2, 0) is 4.79 Å². The normalized spacial score (nSPS) is 15.1. The molecule has 2 atom stereocenters. The summed E-state index contributed by atoms with van der Waals surface area (Å²) in [6.45, 7) is 4.33. The first-order valence-corrected chi connectivity index (χ1v) is 6.18. The van der Waals surface area contributed by atoms with Crippen molar-refractivity contribution in [3.05, 3.63) is 33.6 Å². The van der Waals surface area contributed by atoms with Gasteiger partial charge in [-0.15, -0.1) is 0 Å². The van der Waals surface area contributed by atoms with E-state index in [4.69, 9.17) is 15.6 Å². The van der Waals surface area contributed by atoms with Gasteiger partial charge < -0.3 is 15.6 Å². The van der Waals surface area contributed by atoms with Gasteiger partial charge in [-0.25, -0.2) is 4.39 Å². The molecule has 1 aromatic carbocycles. The molecule has 0 spiro atoms. The quantitative estimate of drug-likeness (QED) is 0.613. The van der Waals surface area contributed by atoms with Crippen molar-refractivity contribution in [1.29, 1.82) is 0 Å². The Bertz CT molecular complexity index is 574. The lowest BCUT2D eigenvalue weighted by Crippen LogP contribution is -2.47. The number of hydrogen-bond acceptors (Lipinski definition) is 5. The van der Waals surface area contributed by atoms with Crippen molar-refractivity contribution in [1.82, 2.24) is 0 Å². The fraction of sp³-hybridized carbons (Fsp3) is 0.462. The molecule has 116 valence electrons. The highest BCUT2D eigenvalue weighted by Crippen LogP contribution is 2.28. The summed E-state index contributed by atoms with van der Waals surface area (Å²) in [6.07, 6.45) is -0.718. The van der Waals surface area contributed by atoms with Gasteiger partial charge in [-0.2, -0.15) is 0 Å². The number of nitro groups is 1. The van der Waals surface area contributed by atoms with Crippen LogP contribution in [-0.4, -0.2) is 27.6 Å². The Hall–Kier alpha value is -2.22. The highest BCUT2D eigenvalue weighted by atomic mass is 19.1. The summed E-state index contributed by atoms with van der Waals surface area (Å²) in [5, 5.41) is 19.6. The maximum atomic E-state index is 13.8. The third-order valence-corrected chi connectivity index (χ3v) is 2.98. The van der Waals surface area contributed by atoms with Crippen LogP contribution in [0.1, 0.15) is 25.8 Å². The van der Waals surface area contributed by atoms with Gasteiger partial charge in [-0.05, 0) is 26.8 Å². The molecule has 0 aliphatic rings. The zero-order valence-electron chi connectivity index (χ0n) is 11.9. The number of carbonyl (C=O) groups is 1. The van der Waals surface area contributed by atoms with Crippen molar-refractivity contribution in [2.24, 2.45) is 5.73 Å². The molecule has 0 fully saturated rings. The fourth-order valence-corrected chi connectivity index (χ4v) is 1.87. The molecule has 8 heteroatoms. The number of aryl methyl sites for hydroxylation is 1. The molecule has 2 unspecified atom stereocenters. The van der Waals surface area contributed by atoms with Gasteiger partial charge in [0.15, 0.2) is 11.6 Å². The van der Waals surface area contributed by atoms with Gasteiger partial charge in [0.2, 0.25) is 0 Å². The second kappa shape index (κ2) is 6.04. The minimum atomic E-state index is -1.51.